The van der Waals surface area contributed by atoms with Gasteiger partial charge in [0.15, 0.2) is 0 Å². The van der Waals surface area contributed by atoms with E-state index in [-0.39, 0.29) is 24.2 Å². The molecule has 0 saturated heterocycles. The summed E-state index contributed by atoms with van der Waals surface area (Å²) in [6.45, 7) is 6.52. The fraction of sp³-hybridized carbons (Fsp3) is 0.846. The lowest BCUT2D eigenvalue weighted by molar-refractivity contribution is -0.148. The van der Waals surface area contributed by atoms with Crippen molar-refractivity contribution < 1.29 is 14.3 Å². The highest BCUT2D eigenvalue weighted by Gasteiger charge is 2.22. The maximum Gasteiger partial charge on any atom is 0.306 e. The first-order valence-corrected chi connectivity index (χ1v) is 6.25. The molecule has 0 bridgehead atoms. The number of hydrogen-bond donors (Lipinski definition) is 0. The van der Waals surface area contributed by atoms with E-state index in [1.165, 1.54) is 4.90 Å². The van der Waals surface area contributed by atoms with Crippen molar-refractivity contribution in [2.75, 3.05) is 20.7 Å². The Morgan fingerprint density at radius 2 is 1.82 bits per heavy atom. The average molecular weight is 243 g/mol. The number of esters is 1. The van der Waals surface area contributed by atoms with Crippen LogP contribution in [0.15, 0.2) is 0 Å². The molecule has 0 radical (unpaired) electrons. The number of nitrogens with zero attached hydrogens (tertiary/aromatic N) is 1. The highest BCUT2D eigenvalue weighted by molar-refractivity contribution is 5.83. The van der Waals surface area contributed by atoms with E-state index in [0.29, 0.717) is 18.9 Å². The molecular weight excluding hydrogens is 218 g/mol. The van der Waals surface area contributed by atoms with Gasteiger partial charge in [-0.15, -0.1) is 0 Å². The molecule has 1 amide bonds. The quantitative estimate of drug-likeness (QED) is 0.643. The van der Waals surface area contributed by atoms with Gasteiger partial charge >= 0.3 is 5.97 Å². The summed E-state index contributed by atoms with van der Waals surface area (Å²) in [5, 5.41) is 0. The van der Waals surface area contributed by atoms with Crippen LogP contribution < -0.4 is 0 Å². The van der Waals surface area contributed by atoms with Gasteiger partial charge in [-0.25, -0.2) is 0 Å². The molecule has 4 heteroatoms. The molecule has 0 saturated carbocycles. The monoisotopic (exact) mass is 243 g/mol. The zero-order valence-corrected chi connectivity index (χ0v) is 11.7. The van der Waals surface area contributed by atoms with Gasteiger partial charge in [0.05, 0.1) is 13.0 Å². The minimum Gasteiger partial charge on any atom is -0.466 e. The van der Waals surface area contributed by atoms with E-state index in [4.69, 9.17) is 4.74 Å². The summed E-state index contributed by atoms with van der Waals surface area (Å²) in [5.74, 6) is -0.00858. The topological polar surface area (TPSA) is 46.6 Å². The Hall–Kier alpha value is -1.06. The van der Waals surface area contributed by atoms with Gasteiger partial charge in [0, 0.05) is 20.0 Å². The van der Waals surface area contributed by atoms with Crippen LogP contribution in [0, 0.1) is 11.8 Å². The van der Waals surface area contributed by atoms with E-state index in [9.17, 15) is 9.59 Å². The maximum absolute atomic E-state index is 11.7. The summed E-state index contributed by atoms with van der Waals surface area (Å²) in [4.78, 5) is 24.8. The summed E-state index contributed by atoms with van der Waals surface area (Å²) in [7, 11) is 3.41. The molecule has 0 aliphatic carbocycles. The van der Waals surface area contributed by atoms with Gasteiger partial charge in [-0.1, -0.05) is 20.8 Å². The van der Waals surface area contributed by atoms with Crippen LogP contribution in [-0.4, -0.2) is 37.5 Å². The zero-order valence-electron chi connectivity index (χ0n) is 11.7. The predicted molar refractivity (Wildman–Crippen MR) is 67.5 cm³/mol. The van der Waals surface area contributed by atoms with E-state index in [0.717, 1.165) is 6.42 Å². The van der Waals surface area contributed by atoms with E-state index in [1.807, 2.05) is 6.92 Å². The third kappa shape index (κ3) is 6.97. The lowest BCUT2D eigenvalue weighted by Gasteiger charge is -2.18. The smallest absolute Gasteiger partial charge is 0.306 e. The Labute approximate surface area is 104 Å². The number of ether oxygens (including phenoxy) is 1. The van der Waals surface area contributed by atoms with Crippen molar-refractivity contribution in [3.05, 3.63) is 0 Å². The Morgan fingerprint density at radius 3 is 2.24 bits per heavy atom. The van der Waals surface area contributed by atoms with Crippen molar-refractivity contribution in [2.45, 2.75) is 40.0 Å². The second-order valence-electron chi connectivity index (χ2n) is 4.94. The molecular formula is C13H25NO3. The van der Waals surface area contributed by atoms with E-state index in [1.54, 1.807) is 14.1 Å². The van der Waals surface area contributed by atoms with Gasteiger partial charge in [-0.05, 0) is 18.8 Å². The van der Waals surface area contributed by atoms with Crippen molar-refractivity contribution in [1.82, 2.24) is 4.90 Å². The Bertz CT molecular complexity index is 249. The van der Waals surface area contributed by atoms with E-state index < -0.39 is 0 Å². The summed E-state index contributed by atoms with van der Waals surface area (Å²) in [5.41, 5.74) is 0. The minimum atomic E-state index is -0.271. The van der Waals surface area contributed by atoms with Crippen molar-refractivity contribution in [3.63, 3.8) is 0 Å². The van der Waals surface area contributed by atoms with Crippen LogP contribution >= 0.6 is 0 Å². The van der Waals surface area contributed by atoms with Crippen molar-refractivity contribution in [2.24, 2.45) is 11.8 Å². The fourth-order valence-electron chi connectivity index (χ4n) is 1.44. The highest BCUT2D eigenvalue weighted by Crippen LogP contribution is 2.12. The lowest BCUT2D eigenvalue weighted by atomic mass is 10.0. The molecule has 0 aromatic carbocycles. The van der Waals surface area contributed by atoms with Gasteiger partial charge < -0.3 is 9.64 Å². The van der Waals surface area contributed by atoms with Gasteiger partial charge in [0.1, 0.15) is 0 Å². The summed E-state index contributed by atoms with van der Waals surface area (Å²) in [6.07, 6.45) is 1.71. The van der Waals surface area contributed by atoms with Crippen molar-refractivity contribution >= 4 is 11.9 Å². The molecule has 1 unspecified atom stereocenters. The van der Waals surface area contributed by atoms with Gasteiger partial charge in [-0.2, -0.15) is 0 Å². The SMILES string of the molecule is CCC(CC(=O)OCCC(C)C)C(=O)N(C)C. The molecule has 0 rings (SSSR count). The predicted octanol–water partition coefficient (Wildman–Crippen LogP) is 2.08. The highest BCUT2D eigenvalue weighted by atomic mass is 16.5. The first kappa shape index (κ1) is 15.9. The normalized spacial score (nSPS) is 12.4. The molecule has 0 fully saturated rings. The van der Waals surface area contributed by atoms with E-state index >= 15 is 0 Å². The summed E-state index contributed by atoms with van der Waals surface area (Å²) < 4.78 is 5.11. The lowest BCUT2D eigenvalue weighted by Crippen LogP contribution is -2.31. The number of carbonyl (C=O) groups is 2. The second-order valence-corrected chi connectivity index (χ2v) is 4.94. The zero-order chi connectivity index (χ0) is 13.4. The van der Waals surface area contributed by atoms with E-state index in [2.05, 4.69) is 13.8 Å². The van der Waals surface area contributed by atoms with Crippen LogP contribution in [0.4, 0.5) is 0 Å². The molecule has 0 aliphatic rings. The van der Waals surface area contributed by atoms with Crippen LogP contribution in [0.2, 0.25) is 0 Å². The number of amides is 1. The standard InChI is InChI=1S/C13H25NO3/c1-6-11(13(16)14(4)5)9-12(15)17-8-7-10(2)3/h10-11H,6-9H2,1-5H3. The second kappa shape index (κ2) is 8.09. The molecule has 0 aromatic rings. The van der Waals surface area contributed by atoms with Gasteiger partial charge in [0.25, 0.3) is 0 Å². The largest absolute Gasteiger partial charge is 0.466 e. The third-order valence-electron chi connectivity index (χ3n) is 2.65. The minimum absolute atomic E-state index is 0.00619. The van der Waals surface area contributed by atoms with Crippen LogP contribution in [-0.2, 0) is 14.3 Å². The summed E-state index contributed by atoms with van der Waals surface area (Å²) in [6, 6.07) is 0. The maximum atomic E-state index is 11.7. The molecule has 0 aliphatic heterocycles. The summed E-state index contributed by atoms with van der Waals surface area (Å²) >= 11 is 0. The Morgan fingerprint density at radius 1 is 1.24 bits per heavy atom. The molecule has 0 aromatic heterocycles. The molecule has 1 atom stereocenters. The molecule has 4 nitrogen and oxygen atoms in total. The van der Waals surface area contributed by atoms with Gasteiger partial charge in [-0.3, -0.25) is 9.59 Å². The van der Waals surface area contributed by atoms with Crippen molar-refractivity contribution in [1.29, 1.82) is 0 Å². The average Bonchev–Trinajstić information content (AvgIpc) is 2.24. The van der Waals surface area contributed by atoms with Crippen LogP contribution in [0.3, 0.4) is 0 Å². The van der Waals surface area contributed by atoms with Crippen molar-refractivity contribution in [3.8, 4) is 0 Å². The Kier molecular flexibility index (Phi) is 7.59. The van der Waals surface area contributed by atoms with Crippen LogP contribution in [0.1, 0.15) is 40.0 Å². The molecule has 0 heterocycles. The first-order chi connectivity index (χ1) is 7.88. The number of rotatable bonds is 7. The van der Waals surface area contributed by atoms with Gasteiger partial charge in [0.2, 0.25) is 5.91 Å². The molecule has 100 valence electrons. The molecule has 17 heavy (non-hydrogen) atoms. The van der Waals surface area contributed by atoms with Crippen LogP contribution in [0.25, 0.3) is 0 Å². The number of hydrogen-bond acceptors (Lipinski definition) is 3. The molecule has 0 N–H and O–H groups in total. The Balaban J connectivity index is 4.03. The fourth-order valence-corrected chi connectivity index (χ4v) is 1.44. The van der Waals surface area contributed by atoms with Crippen LogP contribution in [0.5, 0.6) is 0 Å². The number of carbonyl (C=O) groups excluding carboxylic acids is 2. The first-order valence-electron chi connectivity index (χ1n) is 6.25. The third-order valence-corrected chi connectivity index (χ3v) is 2.65. The molecule has 0 spiro atoms.